The Hall–Kier alpha value is -2.68. The van der Waals surface area contributed by atoms with Gasteiger partial charge in [0.15, 0.2) is 0 Å². The predicted octanol–water partition coefficient (Wildman–Crippen LogP) is 3.04. The van der Waals surface area contributed by atoms with E-state index in [1.165, 1.54) is 11.4 Å². The number of para-hydroxylation sites is 1. The maximum atomic E-state index is 13.3. The first-order valence-electron chi connectivity index (χ1n) is 10.8. The van der Waals surface area contributed by atoms with Crippen LogP contribution in [-0.4, -0.2) is 67.6 Å². The summed E-state index contributed by atoms with van der Waals surface area (Å²) in [6, 6.07) is 17.8. The van der Waals surface area contributed by atoms with Crippen LogP contribution in [0.25, 0.3) is 10.9 Å². The minimum atomic E-state index is -3.52. The number of ether oxygens (including phenoxy) is 1. The van der Waals surface area contributed by atoms with Gasteiger partial charge >= 0.3 is 0 Å². The number of carbonyl (C=O) groups excluding carboxylic acids is 1. The molecule has 0 saturated heterocycles. The third-order valence-corrected chi connectivity index (χ3v) is 7.34. The zero-order valence-electron chi connectivity index (χ0n) is 18.7. The molecule has 0 aliphatic heterocycles. The number of hydrogen-bond donors (Lipinski definition) is 1. The Bertz CT molecular complexity index is 1110. The van der Waals surface area contributed by atoms with Crippen LogP contribution in [-0.2, 0) is 32.5 Å². The number of rotatable bonds is 12. The molecule has 3 aromatic rings. The second-order valence-corrected chi connectivity index (χ2v) is 9.89. The number of carbonyl (C=O) groups is 1. The fourth-order valence-corrected chi connectivity index (χ4v) is 4.66. The van der Waals surface area contributed by atoms with E-state index in [9.17, 15) is 13.2 Å². The van der Waals surface area contributed by atoms with E-state index in [1.54, 1.807) is 11.8 Å². The van der Waals surface area contributed by atoms with Crippen LogP contribution in [0.1, 0.15) is 18.1 Å². The number of aromatic amines is 1. The van der Waals surface area contributed by atoms with Gasteiger partial charge in [-0.3, -0.25) is 4.79 Å². The maximum absolute atomic E-state index is 13.3. The maximum Gasteiger partial charge on any atom is 0.238 e. The lowest BCUT2D eigenvalue weighted by molar-refractivity contribution is -0.132. The number of aromatic nitrogens is 1. The summed E-state index contributed by atoms with van der Waals surface area (Å²) in [5, 5.41) is 1.13. The number of amides is 1. The molecule has 0 unspecified atom stereocenters. The average Bonchev–Trinajstić information content (AvgIpc) is 3.23. The second kappa shape index (κ2) is 11.3. The van der Waals surface area contributed by atoms with E-state index in [1.807, 2.05) is 54.7 Å². The zero-order valence-corrected chi connectivity index (χ0v) is 19.5. The van der Waals surface area contributed by atoms with Crippen LogP contribution in [0.15, 0.2) is 60.8 Å². The summed E-state index contributed by atoms with van der Waals surface area (Å²) in [5.74, 6) is -0.278. The Balaban J connectivity index is 1.78. The predicted molar refractivity (Wildman–Crippen MR) is 127 cm³/mol. The van der Waals surface area contributed by atoms with Crippen LogP contribution < -0.4 is 0 Å². The zero-order chi connectivity index (χ0) is 23.0. The molecule has 0 aliphatic rings. The summed E-state index contributed by atoms with van der Waals surface area (Å²) < 4.78 is 31.3. The molecule has 2 aromatic carbocycles. The Kier molecular flexibility index (Phi) is 8.44. The van der Waals surface area contributed by atoms with Crippen molar-refractivity contribution in [3.05, 3.63) is 71.9 Å². The highest BCUT2D eigenvalue weighted by atomic mass is 32.2. The molecule has 1 heterocycles. The number of nitrogens with zero attached hydrogens (tertiary/aromatic N) is 2. The van der Waals surface area contributed by atoms with E-state index >= 15 is 0 Å². The molecule has 0 spiro atoms. The second-order valence-electron chi connectivity index (χ2n) is 7.64. The van der Waals surface area contributed by atoms with Gasteiger partial charge in [0.25, 0.3) is 0 Å². The highest BCUT2D eigenvalue weighted by molar-refractivity contribution is 7.89. The van der Waals surface area contributed by atoms with E-state index < -0.39 is 10.0 Å². The SMILES string of the molecule is CCS(=O)(=O)N(CCOC)CC(=O)N(CCc1c[nH]c2ccccc12)Cc1ccccc1. The smallest absolute Gasteiger partial charge is 0.238 e. The van der Waals surface area contributed by atoms with Gasteiger partial charge in [0.2, 0.25) is 15.9 Å². The lowest BCUT2D eigenvalue weighted by atomic mass is 10.1. The van der Waals surface area contributed by atoms with Crippen molar-refractivity contribution < 1.29 is 17.9 Å². The number of benzene rings is 2. The lowest BCUT2D eigenvalue weighted by Gasteiger charge is -2.27. The molecule has 172 valence electrons. The van der Waals surface area contributed by atoms with E-state index in [4.69, 9.17) is 4.74 Å². The normalized spacial score (nSPS) is 11.8. The molecule has 0 radical (unpaired) electrons. The molecular formula is C24H31N3O4S. The summed E-state index contributed by atoms with van der Waals surface area (Å²) in [5.41, 5.74) is 3.19. The van der Waals surface area contributed by atoms with Crippen molar-refractivity contribution >= 4 is 26.8 Å². The molecule has 1 N–H and O–H groups in total. The van der Waals surface area contributed by atoms with Gasteiger partial charge in [0.05, 0.1) is 18.9 Å². The first kappa shape index (κ1) is 24.0. The number of nitrogens with one attached hydrogen (secondary N) is 1. The average molecular weight is 458 g/mol. The van der Waals surface area contributed by atoms with E-state index in [0.29, 0.717) is 19.5 Å². The van der Waals surface area contributed by atoms with Gasteiger partial charge in [-0.1, -0.05) is 48.5 Å². The van der Waals surface area contributed by atoms with Gasteiger partial charge in [0, 0.05) is 43.8 Å². The fraction of sp³-hybridized carbons (Fsp3) is 0.375. The van der Waals surface area contributed by atoms with Crippen LogP contribution in [0.5, 0.6) is 0 Å². The minimum absolute atomic E-state index is 0.0575. The largest absolute Gasteiger partial charge is 0.383 e. The summed E-state index contributed by atoms with van der Waals surface area (Å²) in [6.07, 6.45) is 2.64. The van der Waals surface area contributed by atoms with Gasteiger partial charge in [-0.15, -0.1) is 0 Å². The highest BCUT2D eigenvalue weighted by Gasteiger charge is 2.25. The van der Waals surface area contributed by atoms with Crippen molar-refractivity contribution in [1.82, 2.24) is 14.2 Å². The van der Waals surface area contributed by atoms with Gasteiger partial charge in [-0.2, -0.15) is 4.31 Å². The third kappa shape index (κ3) is 6.18. The lowest BCUT2D eigenvalue weighted by Crippen LogP contribution is -2.44. The van der Waals surface area contributed by atoms with Gasteiger partial charge < -0.3 is 14.6 Å². The Labute approximate surface area is 190 Å². The van der Waals surface area contributed by atoms with Crippen LogP contribution in [0.2, 0.25) is 0 Å². The van der Waals surface area contributed by atoms with Crippen LogP contribution in [0.4, 0.5) is 0 Å². The van der Waals surface area contributed by atoms with Crippen molar-refractivity contribution in [1.29, 1.82) is 0 Å². The van der Waals surface area contributed by atoms with E-state index in [-0.39, 0.29) is 31.4 Å². The molecular weight excluding hydrogens is 426 g/mol. The van der Waals surface area contributed by atoms with Crippen molar-refractivity contribution in [3.63, 3.8) is 0 Å². The number of H-pyrrole nitrogens is 1. The Morgan fingerprint density at radius 3 is 2.47 bits per heavy atom. The molecule has 32 heavy (non-hydrogen) atoms. The van der Waals surface area contributed by atoms with Crippen molar-refractivity contribution in [3.8, 4) is 0 Å². The molecule has 1 amide bonds. The monoisotopic (exact) mass is 457 g/mol. The van der Waals surface area contributed by atoms with Gasteiger partial charge in [-0.05, 0) is 30.5 Å². The number of fused-ring (bicyclic) bond motifs is 1. The Morgan fingerprint density at radius 2 is 1.75 bits per heavy atom. The molecule has 3 rings (SSSR count). The Morgan fingerprint density at radius 1 is 1.03 bits per heavy atom. The van der Waals surface area contributed by atoms with E-state index in [2.05, 4.69) is 11.1 Å². The molecule has 0 aliphatic carbocycles. The van der Waals surface area contributed by atoms with Crippen LogP contribution >= 0.6 is 0 Å². The number of sulfonamides is 1. The first-order chi connectivity index (χ1) is 15.4. The molecule has 8 heteroatoms. The van der Waals surface area contributed by atoms with Crippen LogP contribution in [0, 0.1) is 0 Å². The van der Waals surface area contributed by atoms with Crippen molar-refractivity contribution in [2.75, 3.05) is 39.1 Å². The molecule has 0 saturated carbocycles. The molecule has 0 atom stereocenters. The van der Waals surface area contributed by atoms with Gasteiger partial charge in [0.1, 0.15) is 0 Å². The molecule has 1 aromatic heterocycles. The number of methoxy groups -OCH3 is 1. The molecule has 7 nitrogen and oxygen atoms in total. The third-order valence-electron chi connectivity index (χ3n) is 5.51. The summed E-state index contributed by atoms with van der Waals surface area (Å²) >= 11 is 0. The molecule has 0 fully saturated rings. The quantitative estimate of drug-likeness (QED) is 0.453. The van der Waals surface area contributed by atoms with Crippen molar-refractivity contribution in [2.45, 2.75) is 19.9 Å². The fourth-order valence-electron chi connectivity index (χ4n) is 3.63. The summed E-state index contributed by atoms with van der Waals surface area (Å²) in [7, 11) is -2.00. The van der Waals surface area contributed by atoms with E-state index in [0.717, 1.165) is 22.0 Å². The molecule has 0 bridgehead atoms. The van der Waals surface area contributed by atoms with Crippen LogP contribution in [0.3, 0.4) is 0 Å². The summed E-state index contributed by atoms with van der Waals surface area (Å²) in [4.78, 5) is 18.3. The first-order valence-corrected chi connectivity index (χ1v) is 12.4. The minimum Gasteiger partial charge on any atom is -0.383 e. The number of hydrogen-bond acceptors (Lipinski definition) is 4. The summed E-state index contributed by atoms with van der Waals surface area (Å²) in [6.45, 7) is 2.69. The highest BCUT2D eigenvalue weighted by Crippen LogP contribution is 2.19. The topological polar surface area (TPSA) is 82.7 Å². The van der Waals surface area contributed by atoms with Crippen molar-refractivity contribution in [2.24, 2.45) is 0 Å². The van der Waals surface area contributed by atoms with Gasteiger partial charge in [-0.25, -0.2) is 8.42 Å². The standard InChI is InChI=1S/C24H31N3O4S/c1-3-32(29,30)27(15-16-31-2)19-24(28)26(18-20-9-5-4-6-10-20)14-13-21-17-25-23-12-8-7-11-22(21)23/h4-12,17,25H,3,13-16,18-19H2,1-2H3.